The molecule has 0 bridgehead atoms. The van der Waals surface area contributed by atoms with Crippen LogP contribution in [-0.2, 0) is 4.74 Å². The third-order valence-electron chi connectivity index (χ3n) is 2.21. The molecule has 0 saturated heterocycles. The SMILES string of the molecule is CCOC(=O)c1c(C#N)cc(OC)cc1C(F)F. The average Bonchev–Trinajstić information content (AvgIpc) is 2.37. The lowest BCUT2D eigenvalue weighted by atomic mass is 10.0. The molecule has 0 spiro atoms. The van der Waals surface area contributed by atoms with Crippen LogP contribution in [0.25, 0.3) is 0 Å². The predicted molar refractivity (Wildman–Crippen MR) is 58.6 cm³/mol. The number of ether oxygens (including phenoxy) is 2. The highest BCUT2D eigenvalue weighted by molar-refractivity contribution is 5.94. The van der Waals surface area contributed by atoms with Crippen LogP contribution < -0.4 is 4.74 Å². The lowest BCUT2D eigenvalue weighted by Gasteiger charge is -2.11. The molecule has 0 fully saturated rings. The van der Waals surface area contributed by atoms with E-state index >= 15 is 0 Å². The van der Waals surface area contributed by atoms with Crippen LogP contribution >= 0.6 is 0 Å². The van der Waals surface area contributed by atoms with E-state index in [1.54, 1.807) is 13.0 Å². The van der Waals surface area contributed by atoms with E-state index in [9.17, 15) is 13.6 Å². The molecule has 0 aliphatic rings. The summed E-state index contributed by atoms with van der Waals surface area (Å²) in [6, 6.07) is 3.94. The number of hydrogen-bond acceptors (Lipinski definition) is 4. The molecule has 0 aliphatic heterocycles. The van der Waals surface area contributed by atoms with Crippen LogP contribution in [-0.4, -0.2) is 19.7 Å². The normalized spacial score (nSPS) is 10.0. The van der Waals surface area contributed by atoms with Crippen LogP contribution in [0, 0.1) is 11.3 Å². The molecule has 0 atom stereocenters. The van der Waals surface area contributed by atoms with Crippen LogP contribution in [0.1, 0.15) is 34.8 Å². The first-order valence-electron chi connectivity index (χ1n) is 5.12. The number of esters is 1. The molecule has 0 aliphatic carbocycles. The smallest absolute Gasteiger partial charge is 0.339 e. The zero-order valence-electron chi connectivity index (χ0n) is 9.87. The summed E-state index contributed by atoms with van der Waals surface area (Å²) < 4.78 is 35.3. The van der Waals surface area contributed by atoms with Crippen LogP contribution in [0.4, 0.5) is 8.78 Å². The van der Waals surface area contributed by atoms with E-state index in [1.165, 1.54) is 13.2 Å². The molecular formula is C12H11F2NO3. The van der Waals surface area contributed by atoms with E-state index < -0.39 is 23.5 Å². The minimum Gasteiger partial charge on any atom is -0.497 e. The molecule has 0 unspecified atom stereocenters. The van der Waals surface area contributed by atoms with E-state index in [4.69, 9.17) is 10.00 Å². The van der Waals surface area contributed by atoms with Crippen LogP contribution in [0.5, 0.6) is 5.75 Å². The zero-order valence-corrected chi connectivity index (χ0v) is 9.87. The quantitative estimate of drug-likeness (QED) is 0.776. The lowest BCUT2D eigenvalue weighted by Crippen LogP contribution is -2.11. The number of benzene rings is 1. The Morgan fingerprint density at radius 2 is 2.17 bits per heavy atom. The van der Waals surface area contributed by atoms with Crippen LogP contribution in [0.3, 0.4) is 0 Å². The molecular weight excluding hydrogens is 244 g/mol. The highest BCUT2D eigenvalue weighted by Gasteiger charge is 2.24. The Bertz CT molecular complexity index is 495. The molecule has 0 N–H and O–H groups in total. The van der Waals surface area contributed by atoms with E-state index in [1.807, 2.05) is 0 Å². The van der Waals surface area contributed by atoms with Crippen molar-refractivity contribution in [3.8, 4) is 11.8 Å². The van der Waals surface area contributed by atoms with Gasteiger partial charge in [-0.05, 0) is 19.1 Å². The van der Waals surface area contributed by atoms with Gasteiger partial charge >= 0.3 is 5.97 Å². The molecule has 1 aromatic rings. The van der Waals surface area contributed by atoms with Gasteiger partial charge in [0, 0.05) is 5.56 Å². The standard InChI is InChI=1S/C12H11F2NO3/c1-3-18-12(16)10-7(6-15)4-8(17-2)5-9(10)11(13)14/h4-5,11H,3H2,1-2H3. The first kappa shape index (κ1) is 13.9. The van der Waals surface area contributed by atoms with Crippen molar-refractivity contribution in [1.82, 2.24) is 0 Å². The fourth-order valence-electron chi connectivity index (χ4n) is 1.45. The monoisotopic (exact) mass is 255 g/mol. The van der Waals surface area contributed by atoms with Crippen molar-refractivity contribution in [2.75, 3.05) is 13.7 Å². The molecule has 0 saturated carbocycles. The fourth-order valence-corrected chi connectivity index (χ4v) is 1.45. The minimum absolute atomic E-state index is 0.0401. The maximum absolute atomic E-state index is 12.9. The third kappa shape index (κ3) is 2.74. The van der Waals surface area contributed by atoms with Gasteiger partial charge in [0.25, 0.3) is 6.43 Å². The van der Waals surface area contributed by atoms with Gasteiger partial charge in [-0.2, -0.15) is 5.26 Å². The summed E-state index contributed by atoms with van der Waals surface area (Å²) in [4.78, 5) is 11.6. The minimum atomic E-state index is -2.90. The molecule has 0 radical (unpaired) electrons. The molecule has 1 aromatic carbocycles. The van der Waals surface area contributed by atoms with Gasteiger partial charge in [-0.1, -0.05) is 0 Å². The van der Waals surface area contributed by atoms with Crippen molar-refractivity contribution >= 4 is 5.97 Å². The van der Waals surface area contributed by atoms with Crippen LogP contribution in [0.15, 0.2) is 12.1 Å². The van der Waals surface area contributed by atoms with Gasteiger partial charge in [0.05, 0.1) is 24.8 Å². The first-order chi connectivity index (χ1) is 8.54. The van der Waals surface area contributed by atoms with Gasteiger partial charge in [0.1, 0.15) is 11.8 Å². The predicted octanol–water partition coefficient (Wildman–Crippen LogP) is 2.68. The Kier molecular flexibility index (Phi) is 4.60. The molecule has 1 rings (SSSR count). The number of methoxy groups -OCH3 is 1. The molecule has 96 valence electrons. The first-order valence-corrected chi connectivity index (χ1v) is 5.12. The summed E-state index contributed by atoms with van der Waals surface area (Å²) in [5.74, 6) is -0.845. The Hall–Kier alpha value is -2.16. The second-order valence-electron chi connectivity index (χ2n) is 3.27. The number of carbonyl (C=O) groups excluding carboxylic acids is 1. The van der Waals surface area contributed by atoms with Gasteiger partial charge < -0.3 is 9.47 Å². The summed E-state index contributed by atoms with van der Waals surface area (Å²) in [7, 11) is 1.29. The number of alkyl halides is 2. The van der Waals surface area contributed by atoms with E-state index in [0.29, 0.717) is 0 Å². The Morgan fingerprint density at radius 1 is 1.50 bits per heavy atom. The van der Waals surface area contributed by atoms with Crippen molar-refractivity contribution in [3.63, 3.8) is 0 Å². The average molecular weight is 255 g/mol. The maximum Gasteiger partial charge on any atom is 0.339 e. The molecule has 0 heterocycles. The van der Waals surface area contributed by atoms with Crippen molar-refractivity contribution in [1.29, 1.82) is 5.26 Å². The van der Waals surface area contributed by atoms with E-state index in [-0.39, 0.29) is 17.9 Å². The highest BCUT2D eigenvalue weighted by Crippen LogP contribution is 2.30. The number of nitriles is 1. The van der Waals surface area contributed by atoms with Crippen molar-refractivity contribution in [2.45, 2.75) is 13.3 Å². The highest BCUT2D eigenvalue weighted by atomic mass is 19.3. The maximum atomic E-state index is 12.9. The summed E-state index contributed by atoms with van der Waals surface area (Å²) in [5, 5.41) is 8.90. The fraction of sp³-hybridized carbons (Fsp3) is 0.333. The third-order valence-corrected chi connectivity index (χ3v) is 2.21. The second kappa shape index (κ2) is 5.96. The summed E-state index contributed by atoms with van der Waals surface area (Å²) >= 11 is 0. The molecule has 18 heavy (non-hydrogen) atoms. The van der Waals surface area contributed by atoms with Crippen molar-refractivity contribution in [2.24, 2.45) is 0 Å². The summed E-state index contributed by atoms with van der Waals surface area (Å²) in [6.45, 7) is 1.59. The molecule has 6 heteroatoms. The molecule has 4 nitrogen and oxygen atoms in total. The number of rotatable bonds is 4. The van der Waals surface area contributed by atoms with Gasteiger partial charge in [-0.25, -0.2) is 13.6 Å². The van der Waals surface area contributed by atoms with Crippen LogP contribution in [0.2, 0.25) is 0 Å². The van der Waals surface area contributed by atoms with Gasteiger partial charge in [0.2, 0.25) is 0 Å². The Morgan fingerprint density at radius 3 is 2.61 bits per heavy atom. The van der Waals surface area contributed by atoms with Crippen molar-refractivity contribution < 1.29 is 23.0 Å². The second-order valence-corrected chi connectivity index (χ2v) is 3.27. The number of halogens is 2. The zero-order chi connectivity index (χ0) is 13.7. The largest absolute Gasteiger partial charge is 0.497 e. The summed E-state index contributed by atoms with van der Waals surface area (Å²) in [5.41, 5.74) is -1.16. The molecule has 0 aromatic heterocycles. The van der Waals surface area contributed by atoms with Gasteiger partial charge in [-0.3, -0.25) is 0 Å². The number of nitrogens with zero attached hydrogens (tertiary/aromatic N) is 1. The lowest BCUT2D eigenvalue weighted by molar-refractivity contribution is 0.0515. The summed E-state index contributed by atoms with van der Waals surface area (Å²) in [6.07, 6.45) is -2.90. The number of hydrogen-bond donors (Lipinski definition) is 0. The molecule has 0 amide bonds. The topological polar surface area (TPSA) is 59.3 Å². The van der Waals surface area contributed by atoms with Crippen molar-refractivity contribution in [3.05, 3.63) is 28.8 Å². The van der Waals surface area contributed by atoms with Gasteiger partial charge in [0.15, 0.2) is 0 Å². The Balaban J connectivity index is 3.45. The number of carbonyl (C=O) groups is 1. The van der Waals surface area contributed by atoms with E-state index in [0.717, 1.165) is 6.07 Å². The Labute approximate surface area is 103 Å². The van der Waals surface area contributed by atoms with Gasteiger partial charge in [-0.15, -0.1) is 0 Å². The van der Waals surface area contributed by atoms with E-state index in [2.05, 4.69) is 4.74 Å².